The first-order valence-electron chi connectivity index (χ1n) is 6.30. The van der Waals surface area contributed by atoms with Crippen molar-refractivity contribution >= 4 is 0 Å². The first-order valence-corrected chi connectivity index (χ1v) is 6.30. The minimum Gasteiger partial charge on any atom is -0.392 e. The van der Waals surface area contributed by atoms with Crippen molar-refractivity contribution in [1.29, 1.82) is 0 Å². The van der Waals surface area contributed by atoms with Gasteiger partial charge in [-0.15, -0.1) is 0 Å². The summed E-state index contributed by atoms with van der Waals surface area (Å²) in [6, 6.07) is 0. The highest BCUT2D eigenvalue weighted by molar-refractivity contribution is 5.11. The molecule has 2 aliphatic rings. The van der Waals surface area contributed by atoms with E-state index in [1.54, 1.807) is 0 Å². The van der Waals surface area contributed by atoms with Crippen LogP contribution in [0.2, 0.25) is 0 Å². The molecule has 1 spiro atoms. The van der Waals surface area contributed by atoms with Gasteiger partial charge in [0, 0.05) is 5.41 Å². The van der Waals surface area contributed by atoms with E-state index in [1.165, 1.54) is 37.7 Å². The Kier molecular flexibility index (Phi) is 2.70. The summed E-state index contributed by atoms with van der Waals surface area (Å²) in [5.74, 6) is 0. The monoisotopic (exact) mass is 208 g/mol. The van der Waals surface area contributed by atoms with Gasteiger partial charge in [0.25, 0.3) is 0 Å². The van der Waals surface area contributed by atoms with E-state index in [-0.39, 0.29) is 16.9 Å². The van der Waals surface area contributed by atoms with Crippen LogP contribution in [0.3, 0.4) is 0 Å². The van der Waals surface area contributed by atoms with Crippen molar-refractivity contribution in [1.82, 2.24) is 0 Å². The number of aliphatic hydroxyl groups excluding tert-OH is 1. The van der Waals surface area contributed by atoms with Gasteiger partial charge in [-0.2, -0.15) is 0 Å². The van der Waals surface area contributed by atoms with Gasteiger partial charge in [0.1, 0.15) is 0 Å². The fourth-order valence-electron chi connectivity index (χ4n) is 3.50. The van der Waals surface area contributed by atoms with Gasteiger partial charge >= 0.3 is 0 Å². The smallest absolute Gasteiger partial charge is 0.0650 e. The van der Waals surface area contributed by atoms with E-state index < -0.39 is 0 Å². The van der Waals surface area contributed by atoms with E-state index >= 15 is 0 Å². The molecule has 2 aliphatic carbocycles. The lowest BCUT2D eigenvalue weighted by Gasteiger charge is -2.51. The molecule has 1 N–H and O–H groups in total. The lowest BCUT2D eigenvalue weighted by Crippen LogP contribution is -2.48. The van der Waals surface area contributed by atoms with Gasteiger partial charge in [-0.05, 0) is 44.4 Å². The molecule has 1 nitrogen and oxygen atoms in total. The Morgan fingerprint density at radius 3 is 2.60 bits per heavy atom. The maximum absolute atomic E-state index is 10.6. The summed E-state index contributed by atoms with van der Waals surface area (Å²) in [6.07, 6.45) is 9.42. The van der Waals surface area contributed by atoms with E-state index in [1.807, 2.05) is 0 Å². The zero-order chi connectivity index (χ0) is 11.1. The Labute approximate surface area is 93.6 Å². The van der Waals surface area contributed by atoms with Crippen LogP contribution in [0.15, 0.2) is 11.6 Å². The molecule has 0 bridgehead atoms. The van der Waals surface area contributed by atoms with Gasteiger partial charge in [0.15, 0.2) is 0 Å². The predicted octanol–water partition coefficient (Wildman–Crippen LogP) is 3.67. The SMILES string of the molecule is CC1=CCC2(CCCC(C)(C)C2O)CC1. The third-order valence-electron chi connectivity index (χ3n) is 4.69. The fraction of sp³-hybridized carbons (Fsp3) is 0.857. The van der Waals surface area contributed by atoms with Gasteiger partial charge in [-0.3, -0.25) is 0 Å². The minimum absolute atomic E-state index is 0.108. The molecule has 0 aromatic rings. The van der Waals surface area contributed by atoms with Gasteiger partial charge in [0.05, 0.1) is 6.10 Å². The zero-order valence-electron chi connectivity index (χ0n) is 10.3. The third-order valence-corrected chi connectivity index (χ3v) is 4.69. The number of allylic oxidation sites excluding steroid dienone is 2. The highest BCUT2D eigenvalue weighted by atomic mass is 16.3. The van der Waals surface area contributed by atoms with Crippen LogP contribution >= 0.6 is 0 Å². The quantitative estimate of drug-likeness (QED) is 0.602. The van der Waals surface area contributed by atoms with Crippen LogP contribution < -0.4 is 0 Å². The van der Waals surface area contributed by atoms with Crippen molar-refractivity contribution in [3.8, 4) is 0 Å². The maximum Gasteiger partial charge on any atom is 0.0650 e. The minimum atomic E-state index is -0.108. The van der Waals surface area contributed by atoms with E-state index in [9.17, 15) is 5.11 Å². The van der Waals surface area contributed by atoms with Crippen LogP contribution in [0.4, 0.5) is 0 Å². The average Bonchev–Trinajstić information content (AvgIpc) is 2.19. The molecular formula is C14H24O. The van der Waals surface area contributed by atoms with Crippen molar-refractivity contribution in [3.63, 3.8) is 0 Å². The average molecular weight is 208 g/mol. The number of aliphatic hydroxyl groups is 1. The van der Waals surface area contributed by atoms with E-state index in [4.69, 9.17) is 0 Å². The summed E-state index contributed by atoms with van der Waals surface area (Å²) >= 11 is 0. The molecule has 15 heavy (non-hydrogen) atoms. The van der Waals surface area contributed by atoms with Crippen LogP contribution in [-0.4, -0.2) is 11.2 Å². The number of rotatable bonds is 0. The Morgan fingerprint density at radius 2 is 2.00 bits per heavy atom. The molecule has 0 radical (unpaired) electrons. The van der Waals surface area contributed by atoms with E-state index in [0.717, 1.165) is 6.42 Å². The van der Waals surface area contributed by atoms with Crippen molar-refractivity contribution < 1.29 is 5.11 Å². The molecule has 0 heterocycles. The molecule has 1 heteroatoms. The van der Waals surface area contributed by atoms with Crippen LogP contribution in [0.5, 0.6) is 0 Å². The topological polar surface area (TPSA) is 20.2 Å². The normalized spacial score (nSPS) is 40.3. The lowest BCUT2D eigenvalue weighted by atomic mass is 9.57. The summed E-state index contributed by atoms with van der Waals surface area (Å²) < 4.78 is 0. The number of hydrogen-bond donors (Lipinski definition) is 1. The van der Waals surface area contributed by atoms with Gasteiger partial charge in [-0.25, -0.2) is 0 Å². The highest BCUT2D eigenvalue weighted by Crippen LogP contribution is 2.52. The van der Waals surface area contributed by atoms with Crippen molar-refractivity contribution in [2.45, 2.75) is 65.4 Å². The third kappa shape index (κ3) is 1.87. The van der Waals surface area contributed by atoms with Crippen LogP contribution in [0.1, 0.15) is 59.3 Å². The molecule has 2 atom stereocenters. The van der Waals surface area contributed by atoms with Crippen LogP contribution in [0.25, 0.3) is 0 Å². The summed E-state index contributed by atoms with van der Waals surface area (Å²) in [4.78, 5) is 0. The molecule has 86 valence electrons. The van der Waals surface area contributed by atoms with Crippen molar-refractivity contribution in [3.05, 3.63) is 11.6 Å². The summed E-state index contributed by atoms with van der Waals surface area (Å²) in [5, 5.41) is 10.6. The van der Waals surface area contributed by atoms with Gasteiger partial charge in [-0.1, -0.05) is 31.9 Å². The van der Waals surface area contributed by atoms with Gasteiger partial charge in [0.2, 0.25) is 0 Å². The Hall–Kier alpha value is -0.300. The van der Waals surface area contributed by atoms with Crippen molar-refractivity contribution in [2.24, 2.45) is 10.8 Å². The molecule has 0 saturated heterocycles. The number of hydrogen-bond acceptors (Lipinski definition) is 1. The molecule has 1 fully saturated rings. The largest absolute Gasteiger partial charge is 0.392 e. The second kappa shape index (κ2) is 3.62. The van der Waals surface area contributed by atoms with Crippen molar-refractivity contribution in [2.75, 3.05) is 0 Å². The first kappa shape index (κ1) is 11.2. The van der Waals surface area contributed by atoms with Crippen LogP contribution in [0, 0.1) is 10.8 Å². The molecule has 0 aromatic heterocycles. The van der Waals surface area contributed by atoms with E-state index in [0.29, 0.717) is 0 Å². The maximum atomic E-state index is 10.6. The fourth-order valence-corrected chi connectivity index (χ4v) is 3.50. The highest BCUT2D eigenvalue weighted by Gasteiger charge is 2.48. The Bertz CT molecular complexity index is 277. The summed E-state index contributed by atoms with van der Waals surface area (Å²) in [7, 11) is 0. The Balaban J connectivity index is 2.21. The molecule has 2 rings (SSSR count). The molecule has 1 saturated carbocycles. The Morgan fingerprint density at radius 1 is 1.27 bits per heavy atom. The molecular weight excluding hydrogens is 184 g/mol. The molecule has 0 aliphatic heterocycles. The summed E-state index contributed by atoms with van der Waals surface area (Å²) in [5.41, 5.74) is 1.84. The molecule has 0 amide bonds. The van der Waals surface area contributed by atoms with Crippen LogP contribution in [-0.2, 0) is 0 Å². The first-order chi connectivity index (χ1) is 6.96. The van der Waals surface area contributed by atoms with Gasteiger partial charge < -0.3 is 5.11 Å². The molecule has 2 unspecified atom stereocenters. The van der Waals surface area contributed by atoms with E-state index in [2.05, 4.69) is 26.8 Å². The molecule has 0 aromatic carbocycles. The lowest BCUT2D eigenvalue weighted by molar-refractivity contribution is -0.0977. The predicted molar refractivity (Wildman–Crippen MR) is 63.7 cm³/mol. The zero-order valence-corrected chi connectivity index (χ0v) is 10.3. The second-order valence-corrected chi connectivity index (χ2v) is 6.36. The second-order valence-electron chi connectivity index (χ2n) is 6.36. The summed E-state index contributed by atoms with van der Waals surface area (Å²) in [6.45, 7) is 6.67. The standard InChI is InChI=1S/C14H24O/c1-11-5-9-14(10-6-11)8-4-7-13(2,3)12(14)15/h5,12,15H,4,6-10H2,1-3H3.